The molecule has 0 fully saturated rings. The van der Waals surface area contributed by atoms with Crippen LogP contribution in [0.2, 0.25) is 0 Å². The molecule has 0 saturated carbocycles. The van der Waals surface area contributed by atoms with Gasteiger partial charge in [-0.05, 0) is 0 Å². The van der Waals surface area contributed by atoms with Crippen molar-refractivity contribution in [3.05, 3.63) is 12.8 Å². The second-order valence-corrected chi connectivity index (χ2v) is 0.980. The summed E-state index contributed by atoms with van der Waals surface area (Å²) >= 11 is 1.49. The summed E-state index contributed by atoms with van der Waals surface area (Å²) in [5.74, 6) is 0. The van der Waals surface area contributed by atoms with Crippen LogP contribution < -0.4 is 5.43 Å². The second-order valence-electron chi connectivity index (χ2n) is 0.412. The van der Waals surface area contributed by atoms with Gasteiger partial charge in [-0.25, -0.2) is 0 Å². The van der Waals surface area contributed by atoms with Crippen LogP contribution in [0.3, 0.4) is 0 Å². The van der Waals surface area contributed by atoms with Crippen molar-refractivity contribution in [3.8, 4) is 0 Å². The van der Waals surface area contributed by atoms with Crippen molar-refractivity contribution >= 4 is 0 Å². The molecule has 0 spiro atoms. The number of nitrogens with zero attached hydrogens (tertiary/aromatic N) is 1. The van der Waals surface area contributed by atoms with E-state index >= 15 is 0 Å². The molecule has 0 rings (SSSR count). The van der Waals surface area contributed by atoms with Crippen molar-refractivity contribution in [2.75, 3.05) is 0 Å². The Morgan fingerprint density at radius 1 is 2.00 bits per heavy atom. The van der Waals surface area contributed by atoms with E-state index in [4.69, 9.17) is 0 Å². The van der Waals surface area contributed by atoms with Gasteiger partial charge >= 0.3 is 40.4 Å². The molecule has 0 bridgehead atoms. The van der Waals surface area contributed by atoms with Crippen LogP contribution in [-0.2, 0) is 18.4 Å². The number of rotatable bonds is 2. The van der Waals surface area contributed by atoms with Crippen LogP contribution in [0, 0.1) is 0 Å². The van der Waals surface area contributed by atoms with Gasteiger partial charge in [-0.1, -0.05) is 0 Å². The fourth-order valence-electron chi connectivity index (χ4n) is 0.0323. The average Bonchev–Trinajstić information content (AvgIpc) is 1.41. The van der Waals surface area contributed by atoms with Crippen molar-refractivity contribution in [1.82, 2.24) is 5.43 Å². The molecule has 0 amide bonds. The van der Waals surface area contributed by atoms with Crippen molar-refractivity contribution < 1.29 is 18.4 Å². The van der Waals surface area contributed by atoms with Crippen molar-refractivity contribution in [1.29, 1.82) is 0 Å². The maximum absolute atomic E-state index is 3.51. The zero-order chi connectivity index (χ0) is 4.12. The van der Waals surface area contributed by atoms with E-state index < -0.39 is 0 Å². The molecule has 3 heteroatoms. The summed E-state index contributed by atoms with van der Waals surface area (Å²) in [6.45, 7) is 3.35. The number of hydrogen-bond donors (Lipinski definition) is 1. The van der Waals surface area contributed by atoms with E-state index in [1.165, 1.54) is 24.6 Å². The van der Waals surface area contributed by atoms with Crippen LogP contribution in [0.1, 0.15) is 0 Å². The predicted molar refractivity (Wildman–Crippen MR) is 15.8 cm³/mol. The zero-order valence-corrected chi connectivity index (χ0v) is 5.13. The maximum atomic E-state index is 3.51. The van der Waals surface area contributed by atoms with E-state index in [0.717, 1.165) is 0 Å². The van der Waals surface area contributed by atoms with Crippen LogP contribution in [-0.4, -0.2) is 0 Å². The molecule has 0 aliphatic carbocycles. The van der Waals surface area contributed by atoms with Crippen LogP contribution in [0.4, 0.5) is 0 Å². The fraction of sp³-hybridized carbons (Fsp3) is 0. The van der Waals surface area contributed by atoms with Crippen LogP contribution in [0.5, 0.6) is 0 Å². The first-order valence-electron chi connectivity index (χ1n) is 1.08. The molecule has 0 aromatic carbocycles. The Morgan fingerprint density at radius 2 is 2.60 bits per heavy atom. The summed E-state index contributed by atoms with van der Waals surface area (Å²) in [7, 11) is 0. The normalized spacial score (nSPS) is 5.80. The van der Waals surface area contributed by atoms with E-state index in [9.17, 15) is 0 Å². The molecular formula is C2H4N2Os. The van der Waals surface area contributed by atoms with Gasteiger partial charge in [0.15, 0.2) is 0 Å². The van der Waals surface area contributed by atoms with Crippen molar-refractivity contribution in [3.63, 3.8) is 0 Å². The van der Waals surface area contributed by atoms with Gasteiger partial charge in [0.1, 0.15) is 0 Å². The van der Waals surface area contributed by atoms with Crippen LogP contribution >= 0.6 is 0 Å². The Balaban J connectivity index is 2.65. The van der Waals surface area contributed by atoms with Crippen molar-refractivity contribution in [2.24, 2.45) is 3.76 Å². The molecule has 5 heavy (non-hydrogen) atoms. The topological polar surface area (TPSA) is 24.4 Å². The first-order valence-corrected chi connectivity index (χ1v) is 2.21. The molecule has 0 atom stereocenters. The van der Waals surface area contributed by atoms with E-state index in [0.29, 0.717) is 0 Å². The Morgan fingerprint density at radius 3 is 2.60 bits per heavy atom. The molecule has 0 aliphatic heterocycles. The first kappa shape index (κ1) is 4.98. The van der Waals surface area contributed by atoms with Crippen LogP contribution in [0.15, 0.2) is 16.5 Å². The molecule has 2 nitrogen and oxygen atoms in total. The predicted octanol–water partition coefficient (Wildman–Crippen LogP) is 0.365. The molecule has 0 aromatic heterocycles. The minimum absolute atomic E-state index is 1.49. The van der Waals surface area contributed by atoms with Gasteiger partial charge in [-0.3, -0.25) is 0 Å². The van der Waals surface area contributed by atoms with Crippen LogP contribution in [0.25, 0.3) is 0 Å². The van der Waals surface area contributed by atoms with Gasteiger partial charge < -0.3 is 0 Å². The van der Waals surface area contributed by atoms with Gasteiger partial charge in [-0.2, -0.15) is 0 Å². The Hall–Kier alpha value is -0.0236. The summed E-state index contributed by atoms with van der Waals surface area (Å²) in [6, 6.07) is 0. The Labute approximate surface area is 41.0 Å². The van der Waals surface area contributed by atoms with E-state index in [-0.39, 0.29) is 0 Å². The summed E-state index contributed by atoms with van der Waals surface area (Å²) in [4.78, 5) is 0. The van der Waals surface area contributed by atoms with Gasteiger partial charge in [0.25, 0.3) is 0 Å². The summed E-state index contributed by atoms with van der Waals surface area (Å²) in [5.41, 5.74) is 2.51. The van der Waals surface area contributed by atoms with E-state index in [1.807, 2.05) is 0 Å². The van der Waals surface area contributed by atoms with E-state index in [2.05, 4.69) is 15.8 Å². The first-order chi connectivity index (χ1) is 2.41. The SMILES string of the molecule is C=CN[N]=[Os]. The average molecular weight is 246 g/mol. The third-order valence-corrected chi connectivity index (χ3v) is 0.465. The van der Waals surface area contributed by atoms with Crippen molar-refractivity contribution in [2.45, 2.75) is 0 Å². The molecular weight excluding hydrogens is 242 g/mol. The molecule has 30 valence electrons. The monoisotopic (exact) mass is 248 g/mol. The zero-order valence-electron chi connectivity index (χ0n) is 2.59. The Kier molecular flexibility index (Phi) is 3.96. The standard InChI is InChI=1S/C2H4N2.Os/c1-2-4-3;/h2,4H,1H2;. The molecule has 0 aromatic rings. The quantitative estimate of drug-likeness (QED) is 0.699. The number of hydrogen-bond acceptors (Lipinski definition) is 2. The molecule has 0 heterocycles. The molecule has 0 radical (unpaired) electrons. The van der Waals surface area contributed by atoms with Gasteiger partial charge in [-0.15, -0.1) is 0 Å². The molecule has 0 unspecified atom stereocenters. The molecule has 0 saturated heterocycles. The summed E-state index contributed by atoms with van der Waals surface area (Å²) in [5, 5.41) is 0. The van der Waals surface area contributed by atoms with Gasteiger partial charge in [0.2, 0.25) is 0 Å². The molecule has 1 N–H and O–H groups in total. The summed E-state index contributed by atoms with van der Waals surface area (Å²) < 4.78 is 3.51. The minimum atomic E-state index is 1.49. The third-order valence-electron chi connectivity index (χ3n) is 0.137. The summed E-state index contributed by atoms with van der Waals surface area (Å²) in [6.07, 6.45) is 1.52. The third kappa shape index (κ3) is 3.98. The van der Waals surface area contributed by atoms with Gasteiger partial charge in [0.05, 0.1) is 0 Å². The van der Waals surface area contributed by atoms with Gasteiger partial charge in [0, 0.05) is 0 Å². The molecule has 0 aliphatic rings. The van der Waals surface area contributed by atoms with E-state index in [1.54, 1.807) is 0 Å². The Bertz CT molecular complexity index is 36.9. The fourth-order valence-corrected chi connectivity index (χ4v) is 0.264. The second kappa shape index (κ2) is 3.98. The number of nitrogens with one attached hydrogen (secondary N) is 1.